The first-order valence-electron chi connectivity index (χ1n) is 4.89. The molecule has 0 aromatic carbocycles. The van der Waals surface area contributed by atoms with E-state index in [0.717, 1.165) is 0 Å². The molecule has 2 aromatic rings. The van der Waals surface area contributed by atoms with E-state index in [0.29, 0.717) is 10.8 Å². The number of pyridine rings is 1. The summed E-state index contributed by atoms with van der Waals surface area (Å²) in [5.74, 6) is 0.572. The molecule has 0 unspecified atom stereocenters. The molecule has 0 saturated heterocycles. The van der Waals surface area contributed by atoms with Gasteiger partial charge in [-0.1, -0.05) is 11.6 Å². The predicted octanol–water partition coefficient (Wildman–Crippen LogP) is 1.46. The minimum Gasteiger partial charge on any atom is -0.292 e. The van der Waals surface area contributed by atoms with Crippen molar-refractivity contribution in [2.75, 3.05) is 10.6 Å². The molecule has 0 radical (unpaired) electrons. The van der Waals surface area contributed by atoms with E-state index in [1.54, 1.807) is 12.1 Å². The van der Waals surface area contributed by atoms with Crippen LogP contribution in [0.2, 0.25) is 5.02 Å². The van der Waals surface area contributed by atoms with Gasteiger partial charge in [-0.3, -0.25) is 15.4 Å². The molecule has 2 aromatic heterocycles. The highest BCUT2D eigenvalue weighted by Crippen LogP contribution is 2.09. The number of carbonyl (C=O) groups excluding carboxylic acids is 1. The Morgan fingerprint density at radius 2 is 1.89 bits per heavy atom. The van der Waals surface area contributed by atoms with Gasteiger partial charge in [0, 0.05) is 12.3 Å². The number of nitrogens with zero attached hydrogens (tertiary/aromatic N) is 2. The quantitative estimate of drug-likeness (QED) is 0.765. The van der Waals surface area contributed by atoms with Crippen molar-refractivity contribution in [1.29, 1.82) is 0 Å². The van der Waals surface area contributed by atoms with Gasteiger partial charge in [0.2, 0.25) is 0 Å². The monoisotopic (exact) mass is 265 g/mol. The molecular weight excluding hydrogens is 258 g/mol. The van der Waals surface area contributed by atoms with Crippen LogP contribution in [-0.2, 0) is 0 Å². The molecule has 8 heteroatoms. The molecule has 92 valence electrons. The van der Waals surface area contributed by atoms with E-state index in [4.69, 9.17) is 11.6 Å². The number of amides is 2. The van der Waals surface area contributed by atoms with Crippen molar-refractivity contribution in [2.24, 2.45) is 0 Å². The van der Waals surface area contributed by atoms with Crippen LogP contribution in [0.15, 0.2) is 35.3 Å². The smallest absolute Gasteiger partial charge is 0.292 e. The van der Waals surface area contributed by atoms with Crippen molar-refractivity contribution >= 4 is 29.3 Å². The first kappa shape index (κ1) is 12.1. The Hall–Kier alpha value is -2.41. The van der Waals surface area contributed by atoms with Crippen molar-refractivity contribution in [3.8, 4) is 0 Å². The fourth-order valence-corrected chi connectivity index (χ4v) is 1.24. The molecule has 18 heavy (non-hydrogen) atoms. The minimum absolute atomic E-state index is 0.223. The van der Waals surface area contributed by atoms with Crippen LogP contribution >= 0.6 is 11.6 Å². The van der Waals surface area contributed by atoms with E-state index in [1.165, 1.54) is 18.3 Å². The van der Waals surface area contributed by atoms with Crippen LogP contribution < -0.4 is 16.2 Å². The van der Waals surface area contributed by atoms with Crippen molar-refractivity contribution in [2.45, 2.75) is 0 Å². The van der Waals surface area contributed by atoms with Gasteiger partial charge in [-0.15, -0.1) is 0 Å². The van der Waals surface area contributed by atoms with Gasteiger partial charge < -0.3 is 0 Å². The summed E-state index contributed by atoms with van der Waals surface area (Å²) >= 11 is 5.66. The summed E-state index contributed by atoms with van der Waals surface area (Å²) in [5, 5.41) is 11.2. The Bertz CT molecular complexity index is 590. The number of hydrogen-bond donors (Lipinski definition) is 3. The first-order valence-corrected chi connectivity index (χ1v) is 5.26. The van der Waals surface area contributed by atoms with Crippen LogP contribution in [0.4, 0.5) is 16.4 Å². The zero-order chi connectivity index (χ0) is 13.0. The lowest BCUT2D eigenvalue weighted by Crippen LogP contribution is -2.21. The van der Waals surface area contributed by atoms with Gasteiger partial charge in [-0.05, 0) is 18.2 Å². The molecule has 0 atom stereocenters. The minimum atomic E-state index is -0.524. The van der Waals surface area contributed by atoms with Gasteiger partial charge in [0.05, 0.1) is 5.02 Å². The topological polar surface area (TPSA) is 99.8 Å². The van der Waals surface area contributed by atoms with Crippen LogP contribution in [0.1, 0.15) is 0 Å². The Morgan fingerprint density at radius 3 is 2.50 bits per heavy atom. The van der Waals surface area contributed by atoms with Gasteiger partial charge in [0.1, 0.15) is 5.82 Å². The molecule has 3 N–H and O–H groups in total. The van der Waals surface area contributed by atoms with E-state index in [2.05, 4.69) is 25.8 Å². The molecule has 2 rings (SSSR count). The molecule has 7 nitrogen and oxygen atoms in total. The van der Waals surface area contributed by atoms with E-state index in [9.17, 15) is 9.59 Å². The number of rotatable bonds is 2. The number of halogens is 1. The number of aromatic amines is 1. The highest BCUT2D eigenvalue weighted by Gasteiger charge is 2.04. The van der Waals surface area contributed by atoms with Gasteiger partial charge in [0.25, 0.3) is 5.56 Å². The summed E-state index contributed by atoms with van der Waals surface area (Å²) in [6, 6.07) is 5.27. The van der Waals surface area contributed by atoms with Crippen LogP contribution in [0, 0.1) is 0 Å². The average molecular weight is 266 g/mol. The maximum Gasteiger partial charge on any atom is 0.326 e. The molecule has 2 heterocycles. The molecule has 0 fully saturated rings. The summed E-state index contributed by atoms with van der Waals surface area (Å²) in [7, 11) is 0. The van der Waals surface area contributed by atoms with Crippen molar-refractivity contribution in [1.82, 2.24) is 15.2 Å². The lowest BCUT2D eigenvalue weighted by molar-refractivity contribution is 0.262. The van der Waals surface area contributed by atoms with Crippen LogP contribution in [0.25, 0.3) is 0 Å². The van der Waals surface area contributed by atoms with Gasteiger partial charge in [-0.25, -0.2) is 14.9 Å². The van der Waals surface area contributed by atoms with Crippen molar-refractivity contribution < 1.29 is 4.79 Å². The van der Waals surface area contributed by atoms with Crippen LogP contribution in [0.3, 0.4) is 0 Å². The number of carbonyl (C=O) groups is 1. The molecule has 0 spiro atoms. The number of hydrogen-bond acceptors (Lipinski definition) is 4. The summed E-state index contributed by atoms with van der Waals surface area (Å²) in [5.41, 5.74) is -0.347. The Kier molecular flexibility index (Phi) is 3.54. The standard InChI is InChI=1S/C10H8ClN5O2/c11-6-1-2-7(12-5-6)13-10(18)14-8-3-4-9(17)16-15-8/h1-5H,(H,16,17)(H2,12,13,14,15,18). The highest BCUT2D eigenvalue weighted by molar-refractivity contribution is 6.30. The number of nitrogens with one attached hydrogen (secondary N) is 3. The molecular formula is C10H8ClN5O2. The fraction of sp³-hybridized carbons (Fsp3) is 0. The molecule has 2 amide bonds. The van der Waals surface area contributed by atoms with Gasteiger partial charge in [-0.2, -0.15) is 5.10 Å². The van der Waals surface area contributed by atoms with E-state index < -0.39 is 6.03 Å². The van der Waals surface area contributed by atoms with E-state index >= 15 is 0 Å². The maximum absolute atomic E-state index is 11.5. The largest absolute Gasteiger partial charge is 0.326 e. The molecule has 0 aliphatic rings. The zero-order valence-electron chi connectivity index (χ0n) is 8.98. The third-order valence-corrected chi connectivity index (χ3v) is 2.11. The van der Waals surface area contributed by atoms with Gasteiger partial charge in [0.15, 0.2) is 5.82 Å². The second-order valence-corrected chi connectivity index (χ2v) is 3.68. The highest BCUT2D eigenvalue weighted by atomic mass is 35.5. The normalized spacial score (nSPS) is 9.83. The second-order valence-electron chi connectivity index (χ2n) is 3.25. The van der Waals surface area contributed by atoms with Gasteiger partial charge >= 0.3 is 6.03 Å². The van der Waals surface area contributed by atoms with E-state index in [1.807, 2.05) is 0 Å². The van der Waals surface area contributed by atoms with Crippen molar-refractivity contribution in [3.05, 3.63) is 45.8 Å². The third kappa shape index (κ3) is 3.29. The fourth-order valence-electron chi connectivity index (χ4n) is 1.13. The Labute approximate surface area is 106 Å². The zero-order valence-corrected chi connectivity index (χ0v) is 9.73. The summed E-state index contributed by atoms with van der Waals surface area (Å²) < 4.78 is 0. The lowest BCUT2D eigenvalue weighted by atomic mass is 10.4. The maximum atomic E-state index is 11.5. The Balaban J connectivity index is 1.98. The average Bonchev–Trinajstić information content (AvgIpc) is 2.35. The summed E-state index contributed by atoms with van der Waals surface area (Å²) in [6.07, 6.45) is 1.41. The molecule has 0 bridgehead atoms. The second kappa shape index (κ2) is 5.28. The number of H-pyrrole nitrogens is 1. The molecule has 0 saturated carbocycles. The molecule has 0 aliphatic heterocycles. The number of urea groups is 1. The Morgan fingerprint density at radius 1 is 1.17 bits per heavy atom. The first-order chi connectivity index (χ1) is 8.63. The van der Waals surface area contributed by atoms with Crippen molar-refractivity contribution in [3.63, 3.8) is 0 Å². The SMILES string of the molecule is O=C(Nc1ccc(Cl)cn1)Nc1ccc(=O)[nH]n1. The molecule has 0 aliphatic carbocycles. The number of aromatic nitrogens is 3. The summed E-state index contributed by atoms with van der Waals surface area (Å²) in [6.45, 7) is 0. The van der Waals surface area contributed by atoms with E-state index in [-0.39, 0.29) is 11.4 Å². The number of anilines is 2. The van der Waals surface area contributed by atoms with Crippen LogP contribution in [0.5, 0.6) is 0 Å². The van der Waals surface area contributed by atoms with Crippen LogP contribution in [-0.4, -0.2) is 21.2 Å². The third-order valence-electron chi connectivity index (χ3n) is 1.89. The predicted molar refractivity (Wildman–Crippen MR) is 66.7 cm³/mol. The lowest BCUT2D eigenvalue weighted by Gasteiger charge is -2.05. The summed E-state index contributed by atoms with van der Waals surface area (Å²) in [4.78, 5) is 26.2.